The maximum Gasteiger partial charge on any atom is 0.147 e. The van der Waals surface area contributed by atoms with E-state index in [1.54, 1.807) is 0 Å². The van der Waals surface area contributed by atoms with Gasteiger partial charge in [-0.3, -0.25) is 4.79 Å². The van der Waals surface area contributed by atoms with Crippen LogP contribution in [0.1, 0.15) is 44.2 Å². The van der Waals surface area contributed by atoms with Gasteiger partial charge in [0, 0.05) is 12.5 Å². The molecule has 0 radical (unpaired) electrons. The Morgan fingerprint density at radius 1 is 0.958 bits per heavy atom. The summed E-state index contributed by atoms with van der Waals surface area (Å²) in [5.74, 6) is 0.316. The van der Waals surface area contributed by atoms with Gasteiger partial charge in [-0.25, -0.2) is 0 Å². The molecule has 2 heteroatoms. The minimum absolute atomic E-state index is 0.297. The molecule has 0 spiro atoms. The molecule has 0 heterocycles. The molecule has 0 aliphatic rings. The molecule has 128 valence electrons. The van der Waals surface area contributed by atoms with Gasteiger partial charge < -0.3 is 4.90 Å². The van der Waals surface area contributed by atoms with Crippen molar-refractivity contribution in [2.45, 2.75) is 44.6 Å². The number of hydrogen-bond acceptors (Lipinski definition) is 2. The number of hydrogen-bond donors (Lipinski definition) is 0. The number of benzene rings is 2. The summed E-state index contributed by atoms with van der Waals surface area (Å²) in [4.78, 5) is 15.6. The van der Waals surface area contributed by atoms with Crippen LogP contribution in [0.5, 0.6) is 0 Å². The minimum Gasteiger partial charge on any atom is -0.307 e. The van der Waals surface area contributed by atoms with E-state index in [0.717, 1.165) is 24.0 Å². The molecule has 2 nitrogen and oxygen atoms in total. The van der Waals surface area contributed by atoms with Crippen LogP contribution in [-0.4, -0.2) is 30.8 Å². The molecule has 1 atom stereocenters. The van der Waals surface area contributed by atoms with Gasteiger partial charge in [0.05, 0.1) is 5.41 Å². The average molecular weight is 323 g/mol. The monoisotopic (exact) mass is 323 g/mol. The van der Waals surface area contributed by atoms with Crippen LogP contribution in [0, 0.1) is 0 Å². The fourth-order valence-electron chi connectivity index (χ4n) is 3.35. The lowest BCUT2D eigenvalue weighted by molar-refractivity contribution is -0.123. The second-order valence-electron chi connectivity index (χ2n) is 6.83. The molecule has 0 saturated heterocycles. The Hall–Kier alpha value is -1.93. The third-order valence-electron chi connectivity index (χ3n) is 4.97. The van der Waals surface area contributed by atoms with Crippen molar-refractivity contribution >= 4 is 5.78 Å². The molecule has 0 aromatic heterocycles. The first kappa shape index (κ1) is 18.4. The van der Waals surface area contributed by atoms with E-state index in [-0.39, 0.29) is 0 Å². The van der Waals surface area contributed by atoms with Gasteiger partial charge in [-0.05, 0) is 45.0 Å². The maximum absolute atomic E-state index is 13.4. The quantitative estimate of drug-likeness (QED) is 0.703. The molecule has 1 unspecified atom stereocenters. The first-order valence-electron chi connectivity index (χ1n) is 8.83. The van der Waals surface area contributed by atoms with Crippen molar-refractivity contribution in [2.75, 3.05) is 14.1 Å². The van der Waals surface area contributed by atoms with E-state index in [4.69, 9.17) is 0 Å². The number of carbonyl (C=O) groups is 1. The molecular weight excluding hydrogens is 294 g/mol. The number of nitrogens with zero attached hydrogens (tertiary/aromatic N) is 1. The zero-order valence-corrected chi connectivity index (χ0v) is 15.3. The second-order valence-corrected chi connectivity index (χ2v) is 6.83. The largest absolute Gasteiger partial charge is 0.307 e. The maximum atomic E-state index is 13.4. The average Bonchev–Trinajstić information content (AvgIpc) is 2.61. The van der Waals surface area contributed by atoms with Crippen molar-refractivity contribution < 1.29 is 4.79 Å². The molecule has 2 rings (SSSR count). The summed E-state index contributed by atoms with van der Waals surface area (Å²) in [7, 11) is 4.16. The molecule has 0 fully saturated rings. The van der Waals surface area contributed by atoms with Gasteiger partial charge in [0.15, 0.2) is 0 Å². The van der Waals surface area contributed by atoms with Crippen molar-refractivity contribution in [3.8, 4) is 0 Å². The van der Waals surface area contributed by atoms with Crippen LogP contribution in [-0.2, 0) is 10.2 Å². The Bertz CT molecular complexity index is 594. The zero-order valence-electron chi connectivity index (χ0n) is 15.3. The Morgan fingerprint density at radius 3 is 1.79 bits per heavy atom. The standard InChI is InChI=1S/C22H29NO/c1-5-12-21(24)22(17-18(2)23(3)4,19-13-8-6-9-14-19)20-15-10-7-11-16-20/h6-11,13-16,18H,5,12,17H2,1-4H3. The van der Waals surface area contributed by atoms with E-state index < -0.39 is 5.41 Å². The van der Waals surface area contributed by atoms with E-state index in [2.05, 4.69) is 57.1 Å². The molecule has 0 N–H and O–H groups in total. The molecule has 0 saturated carbocycles. The lowest BCUT2D eigenvalue weighted by atomic mass is 9.66. The molecule has 2 aromatic rings. The van der Waals surface area contributed by atoms with Crippen molar-refractivity contribution in [3.05, 3.63) is 71.8 Å². The van der Waals surface area contributed by atoms with E-state index in [1.165, 1.54) is 0 Å². The summed E-state index contributed by atoms with van der Waals surface area (Å²) in [5.41, 5.74) is 1.62. The lowest BCUT2D eigenvalue weighted by Crippen LogP contribution is -2.43. The van der Waals surface area contributed by atoms with Gasteiger partial charge in [0.2, 0.25) is 0 Å². The summed E-state index contributed by atoms with van der Waals surface area (Å²) < 4.78 is 0. The van der Waals surface area contributed by atoms with Crippen molar-refractivity contribution in [3.63, 3.8) is 0 Å². The number of ketones is 1. The van der Waals surface area contributed by atoms with Gasteiger partial charge in [0.1, 0.15) is 5.78 Å². The van der Waals surface area contributed by atoms with E-state index in [0.29, 0.717) is 18.2 Å². The predicted molar refractivity (Wildman–Crippen MR) is 101 cm³/mol. The SMILES string of the molecule is CCCC(=O)C(CC(C)N(C)C)(c1ccccc1)c1ccccc1. The summed E-state index contributed by atoms with van der Waals surface area (Å²) in [6, 6.07) is 20.9. The van der Waals surface area contributed by atoms with Crippen molar-refractivity contribution in [1.29, 1.82) is 0 Å². The van der Waals surface area contributed by atoms with E-state index in [9.17, 15) is 4.79 Å². The van der Waals surface area contributed by atoms with Crippen molar-refractivity contribution in [2.24, 2.45) is 0 Å². The van der Waals surface area contributed by atoms with Gasteiger partial charge in [0.25, 0.3) is 0 Å². The molecule has 0 aliphatic heterocycles. The summed E-state index contributed by atoms with van der Waals surface area (Å²) in [6.07, 6.45) is 2.26. The van der Waals surface area contributed by atoms with Crippen molar-refractivity contribution in [1.82, 2.24) is 4.90 Å². The second kappa shape index (κ2) is 8.25. The smallest absolute Gasteiger partial charge is 0.147 e. The summed E-state index contributed by atoms with van der Waals surface area (Å²) in [6.45, 7) is 4.27. The highest BCUT2D eigenvalue weighted by molar-refractivity contribution is 5.94. The Kier molecular flexibility index (Phi) is 6.33. The highest BCUT2D eigenvalue weighted by atomic mass is 16.1. The first-order chi connectivity index (χ1) is 11.5. The van der Waals surface area contributed by atoms with Gasteiger partial charge in [-0.1, -0.05) is 67.6 Å². The first-order valence-corrected chi connectivity index (χ1v) is 8.83. The fraction of sp³-hybridized carbons (Fsp3) is 0.409. The molecule has 0 aliphatic carbocycles. The van der Waals surface area contributed by atoms with E-state index >= 15 is 0 Å². The summed E-state index contributed by atoms with van der Waals surface area (Å²) in [5, 5.41) is 0. The molecule has 0 amide bonds. The van der Waals surface area contributed by atoms with Crippen LogP contribution < -0.4 is 0 Å². The van der Waals surface area contributed by atoms with Gasteiger partial charge in [-0.15, -0.1) is 0 Å². The predicted octanol–water partition coefficient (Wildman–Crippen LogP) is 4.68. The number of Topliss-reactive ketones (excluding diaryl/α,β-unsaturated/α-hetero) is 1. The van der Waals surface area contributed by atoms with Crippen LogP contribution in [0.2, 0.25) is 0 Å². The highest BCUT2D eigenvalue weighted by Gasteiger charge is 2.42. The zero-order chi connectivity index (χ0) is 17.6. The minimum atomic E-state index is -0.581. The molecule has 2 aromatic carbocycles. The Balaban J connectivity index is 2.65. The third-order valence-corrected chi connectivity index (χ3v) is 4.97. The fourth-order valence-corrected chi connectivity index (χ4v) is 3.35. The highest BCUT2D eigenvalue weighted by Crippen LogP contribution is 2.39. The van der Waals surface area contributed by atoms with Crippen LogP contribution in [0.25, 0.3) is 0 Å². The Morgan fingerprint density at radius 2 is 1.42 bits per heavy atom. The van der Waals surface area contributed by atoms with Crippen LogP contribution in [0.15, 0.2) is 60.7 Å². The van der Waals surface area contributed by atoms with Crippen LogP contribution in [0.4, 0.5) is 0 Å². The normalized spacial score (nSPS) is 13.0. The molecule has 24 heavy (non-hydrogen) atoms. The summed E-state index contributed by atoms with van der Waals surface area (Å²) >= 11 is 0. The number of carbonyl (C=O) groups excluding carboxylic acids is 1. The third kappa shape index (κ3) is 3.76. The lowest BCUT2D eigenvalue weighted by Gasteiger charge is -2.37. The van der Waals surface area contributed by atoms with Crippen LogP contribution >= 0.6 is 0 Å². The van der Waals surface area contributed by atoms with Gasteiger partial charge in [-0.2, -0.15) is 0 Å². The van der Waals surface area contributed by atoms with Crippen LogP contribution in [0.3, 0.4) is 0 Å². The topological polar surface area (TPSA) is 20.3 Å². The van der Waals surface area contributed by atoms with E-state index in [1.807, 2.05) is 36.4 Å². The molecule has 0 bridgehead atoms. The molecular formula is C22H29NO. The Labute approximate surface area is 146 Å². The number of rotatable bonds is 8. The van der Waals surface area contributed by atoms with Gasteiger partial charge >= 0.3 is 0 Å².